The number of aromatic nitrogens is 2. The van der Waals surface area contributed by atoms with Crippen molar-refractivity contribution in [3.05, 3.63) is 21.6 Å². The van der Waals surface area contributed by atoms with E-state index in [-0.39, 0.29) is 23.6 Å². The van der Waals surface area contributed by atoms with Gasteiger partial charge in [0.05, 0.1) is 24.5 Å². The van der Waals surface area contributed by atoms with Crippen LogP contribution in [0.2, 0.25) is 5.02 Å². The molecule has 1 aliphatic carbocycles. The Balaban J connectivity index is 1.68. The number of H-pyrrole nitrogens is 1. The Morgan fingerprint density at radius 1 is 1.50 bits per heavy atom. The number of carbonyl (C=O) groups excluding carboxylic acids is 1. The number of hydrogen-bond acceptors (Lipinski definition) is 5. The van der Waals surface area contributed by atoms with Gasteiger partial charge in [-0.05, 0) is 12.8 Å². The summed E-state index contributed by atoms with van der Waals surface area (Å²) in [6.45, 7) is 0.758. The molecular weight excluding hydrogens is 332 g/mol. The molecule has 2 fully saturated rings. The predicted octanol–water partition coefficient (Wildman–Crippen LogP) is 1.14. The van der Waals surface area contributed by atoms with Gasteiger partial charge in [0.15, 0.2) is 0 Å². The zero-order valence-electron chi connectivity index (χ0n) is 13.1. The Hall–Kier alpha value is -2.27. The van der Waals surface area contributed by atoms with E-state index in [1.54, 1.807) is 4.90 Å². The Bertz CT molecular complexity index is 723. The van der Waals surface area contributed by atoms with Gasteiger partial charge in [-0.15, -0.1) is 0 Å². The molecule has 1 atom stereocenters. The fourth-order valence-corrected chi connectivity index (χ4v) is 3.55. The first-order valence-corrected chi connectivity index (χ1v) is 8.39. The summed E-state index contributed by atoms with van der Waals surface area (Å²) in [5.41, 5.74) is -1.01. The summed E-state index contributed by atoms with van der Waals surface area (Å²) in [4.78, 5) is 25.6. The largest absolute Gasteiger partial charge is 0.365 e. The van der Waals surface area contributed by atoms with E-state index in [2.05, 4.69) is 26.9 Å². The van der Waals surface area contributed by atoms with Gasteiger partial charge in [0.2, 0.25) is 0 Å². The lowest BCUT2D eigenvalue weighted by atomic mass is 10.0. The minimum absolute atomic E-state index is 0.0362. The minimum Gasteiger partial charge on any atom is -0.365 e. The number of nitrogens with zero attached hydrogens (tertiary/aromatic N) is 3. The van der Waals surface area contributed by atoms with Crippen molar-refractivity contribution in [2.45, 2.75) is 43.7 Å². The summed E-state index contributed by atoms with van der Waals surface area (Å²) in [6, 6.07) is 2.07. The highest BCUT2D eigenvalue weighted by Crippen LogP contribution is 2.29. The maximum absolute atomic E-state index is 12.2. The van der Waals surface area contributed by atoms with E-state index in [4.69, 9.17) is 11.6 Å². The standard InChI is InChI=1S/C15H19ClN6O2/c16-12-11(7-18-21-13(12)23)22-6-5-15(8-17,9-22)20-14(24)19-10-3-1-2-4-10/h7,10H,1-6,9H2,(H,21,23)(H2,19,20,24). The third-order valence-corrected chi connectivity index (χ3v) is 5.01. The molecule has 0 spiro atoms. The number of amides is 2. The molecule has 0 aromatic carbocycles. The molecule has 1 aromatic heterocycles. The SMILES string of the molecule is N#CC1(NC(=O)NC2CCCC2)CCN(c2cn[nH]c(=O)c2Cl)C1. The third-order valence-electron chi connectivity index (χ3n) is 4.64. The smallest absolute Gasteiger partial charge is 0.316 e. The molecule has 128 valence electrons. The third kappa shape index (κ3) is 3.31. The number of hydrogen-bond donors (Lipinski definition) is 3. The molecule has 3 rings (SSSR count). The van der Waals surface area contributed by atoms with Gasteiger partial charge in [0.1, 0.15) is 10.6 Å². The van der Waals surface area contributed by atoms with Gasteiger partial charge in [-0.25, -0.2) is 9.89 Å². The van der Waals surface area contributed by atoms with Crippen LogP contribution < -0.4 is 21.1 Å². The van der Waals surface area contributed by atoms with Gasteiger partial charge in [-0.2, -0.15) is 10.4 Å². The van der Waals surface area contributed by atoms with E-state index >= 15 is 0 Å². The van der Waals surface area contributed by atoms with Crippen molar-refractivity contribution >= 4 is 23.3 Å². The quantitative estimate of drug-likeness (QED) is 0.756. The number of carbonyl (C=O) groups is 1. The Kier molecular flexibility index (Phi) is 4.62. The number of nitrogens with one attached hydrogen (secondary N) is 3. The maximum Gasteiger partial charge on any atom is 0.316 e. The molecule has 0 bridgehead atoms. The number of anilines is 1. The van der Waals surface area contributed by atoms with Gasteiger partial charge in [-0.1, -0.05) is 24.4 Å². The molecule has 2 aliphatic rings. The van der Waals surface area contributed by atoms with Gasteiger partial charge in [0, 0.05) is 19.0 Å². The first-order valence-electron chi connectivity index (χ1n) is 8.01. The molecule has 9 heteroatoms. The molecule has 1 saturated heterocycles. The normalized spacial score (nSPS) is 23.9. The van der Waals surface area contributed by atoms with E-state index in [9.17, 15) is 14.9 Å². The van der Waals surface area contributed by atoms with Crippen LogP contribution in [0.3, 0.4) is 0 Å². The molecule has 1 aromatic rings. The van der Waals surface area contributed by atoms with E-state index in [0.717, 1.165) is 25.7 Å². The predicted molar refractivity (Wildman–Crippen MR) is 89.0 cm³/mol. The summed E-state index contributed by atoms with van der Waals surface area (Å²) >= 11 is 6.02. The second-order valence-electron chi connectivity index (χ2n) is 6.34. The second-order valence-corrected chi connectivity index (χ2v) is 6.72. The fraction of sp³-hybridized carbons (Fsp3) is 0.600. The molecule has 3 N–H and O–H groups in total. The molecule has 1 unspecified atom stereocenters. The Labute approximate surface area is 144 Å². The number of urea groups is 1. The van der Waals surface area contributed by atoms with E-state index < -0.39 is 11.1 Å². The van der Waals surface area contributed by atoms with E-state index in [0.29, 0.717) is 18.7 Å². The topological polar surface area (TPSA) is 114 Å². The summed E-state index contributed by atoms with van der Waals surface area (Å²) < 4.78 is 0. The van der Waals surface area contributed by atoms with Crippen LogP contribution in [0.25, 0.3) is 0 Å². The van der Waals surface area contributed by atoms with Crippen molar-refractivity contribution < 1.29 is 4.79 Å². The van der Waals surface area contributed by atoms with Crippen molar-refractivity contribution in [3.63, 3.8) is 0 Å². The molecule has 2 amide bonds. The zero-order chi connectivity index (χ0) is 17.2. The van der Waals surface area contributed by atoms with Crippen molar-refractivity contribution in [1.82, 2.24) is 20.8 Å². The lowest BCUT2D eigenvalue weighted by molar-refractivity contribution is 0.230. The molecular formula is C15H19ClN6O2. The maximum atomic E-state index is 12.2. The highest BCUT2D eigenvalue weighted by Gasteiger charge is 2.41. The monoisotopic (exact) mass is 350 g/mol. The van der Waals surface area contributed by atoms with E-state index in [1.807, 2.05) is 0 Å². The number of rotatable bonds is 3. The highest BCUT2D eigenvalue weighted by molar-refractivity contribution is 6.33. The number of nitriles is 1. The van der Waals surface area contributed by atoms with Crippen LogP contribution in [0.1, 0.15) is 32.1 Å². The Morgan fingerprint density at radius 2 is 2.25 bits per heavy atom. The van der Waals surface area contributed by atoms with Crippen LogP contribution in [-0.4, -0.2) is 40.9 Å². The highest BCUT2D eigenvalue weighted by atomic mass is 35.5. The summed E-state index contributed by atoms with van der Waals surface area (Å²) in [6.07, 6.45) is 6.10. The molecule has 1 aliphatic heterocycles. The summed E-state index contributed by atoms with van der Waals surface area (Å²) in [5.74, 6) is 0. The van der Waals surface area contributed by atoms with Crippen LogP contribution in [-0.2, 0) is 0 Å². The molecule has 1 saturated carbocycles. The van der Waals surface area contributed by atoms with Crippen molar-refractivity contribution in [2.24, 2.45) is 0 Å². The molecule has 8 nitrogen and oxygen atoms in total. The van der Waals surface area contributed by atoms with E-state index in [1.165, 1.54) is 6.20 Å². The van der Waals surface area contributed by atoms with Crippen LogP contribution in [0, 0.1) is 11.3 Å². The van der Waals surface area contributed by atoms with Crippen molar-refractivity contribution in [3.8, 4) is 6.07 Å². The van der Waals surface area contributed by atoms with Crippen LogP contribution >= 0.6 is 11.6 Å². The average Bonchev–Trinajstić information content (AvgIpc) is 3.20. The van der Waals surface area contributed by atoms with Gasteiger partial charge in [0.25, 0.3) is 5.56 Å². The van der Waals surface area contributed by atoms with Crippen LogP contribution in [0.5, 0.6) is 0 Å². The van der Waals surface area contributed by atoms with Crippen LogP contribution in [0.4, 0.5) is 10.5 Å². The lowest BCUT2D eigenvalue weighted by Crippen LogP contribution is -2.54. The second kappa shape index (κ2) is 6.69. The Morgan fingerprint density at radius 3 is 2.96 bits per heavy atom. The summed E-state index contributed by atoms with van der Waals surface area (Å²) in [7, 11) is 0. The molecule has 0 radical (unpaired) electrons. The van der Waals surface area contributed by atoms with Gasteiger partial charge >= 0.3 is 6.03 Å². The van der Waals surface area contributed by atoms with Crippen LogP contribution in [0.15, 0.2) is 11.0 Å². The number of aromatic amines is 1. The number of halogens is 1. The molecule has 2 heterocycles. The fourth-order valence-electron chi connectivity index (χ4n) is 3.34. The lowest BCUT2D eigenvalue weighted by Gasteiger charge is -2.25. The average molecular weight is 351 g/mol. The van der Waals surface area contributed by atoms with Gasteiger partial charge in [-0.3, -0.25) is 4.79 Å². The first kappa shape index (κ1) is 16.6. The minimum atomic E-state index is -1.01. The van der Waals surface area contributed by atoms with Gasteiger partial charge < -0.3 is 15.5 Å². The van der Waals surface area contributed by atoms with Crippen molar-refractivity contribution in [2.75, 3.05) is 18.0 Å². The van der Waals surface area contributed by atoms with Crippen molar-refractivity contribution in [1.29, 1.82) is 5.26 Å². The summed E-state index contributed by atoms with van der Waals surface area (Å²) in [5, 5.41) is 21.4. The first-order chi connectivity index (χ1) is 11.5. The molecule has 24 heavy (non-hydrogen) atoms. The zero-order valence-corrected chi connectivity index (χ0v) is 13.9.